The zero-order valence-corrected chi connectivity index (χ0v) is 19.8. The number of aryl methyl sites for hydroxylation is 1. The van der Waals surface area contributed by atoms with Crippen molar-refractivity contribution in [2.24, 2.45) is 5.41 Å². The van der Waals surface area contributed by atoms with Crippen molar-refractivity contribution in [3.05, 3.63) is 40.3 Å². The van der Waals surface area contributed by atoms with Gasteiger partial charge in [-0.2, -0.15) is 5.26 Å². The highest BCUT2D eigenvalue weighted by Gasteiger charge is 2.27. The third-order valence-electron chi connectivity index (χ3n) is 4.29. The van der Waals surface area contributed by atoms with Gasteiger partial charge in [0, 0.05) is 15.2 Å². The summed E-state index contributed by atoms with van der Waals surface area (Å²) >= 11 is 2.60. The van der Waals surface area contributed by atoms with Crippen LogP contribution < -0.4 is 10.6 Å². The minimum Gasteiger partial charge on any atom is -0.452 e. The number of nitrogens with one attached hydrogen (secondary N) is 2. The monoisotopic (exact) mass is 459 g/mol. The fourth-order valence-corrected chi connectivity index (χ4v) is 4.16. The van der Waals surface area contributed by atoms with E-state index in [1.807, 2.05) is 19.1 Å². The molecule has 0 aliphatic carbocycles. The summed E-state index contributed by atoms with van der Waals surface area (Å²) < 4.78 is 5.23. The Labute approximate surface area is 190 Å². The quantitative estimate of drug-likeness (QED) is 0.456. The molecular formula is C22H25N3O4S2. The van der Waals surface area contributed by atoms with E-state index in [1.165, 1.54) is 23.1 Å². The van der Waals surface area contributed by atoms with Crippen molar-refractivity contribution in [2.45, 2.75) is 39.5 Å². The van der Waals surface area contributed by atoms with Crippen molar-refractivity contribution in [3.63, 3.8) is 0 Å². The Morgan fingerprint density at radius 1 is 1.16 bits per heavy atom. The number of carbonyl (C=O) groups excluding carboxylic acids is 3. The van der Waals surface area contributed by atoms with Crippen LogP contribution in [-0.2, 0) is 14.3 Å². The van der Waals surface area contributed by atoms with Gasteiger partial charge < -0.3 is 15.4 Å². The molecule has 0 aliphatic rings. The molecule has 0 aliphatic heterocycles. The number of hydrogen-bond acceptors (Lipinski definition) is 7. The Balaban J connectivity index is 2.07. The van der Waals surface area contributed by atoms with Gasteiger partial charge in [-0.25, -0.2) is 4.79 Å². The highest BCUT2D eigenvalue weighted by molar-refractivity contribution is 7.99. The molecule has 0 unspecified atom stereocenters. The van der Waals surface area contributed by atoms with Gasteiger partial charge in [-0.3, -0.25) is 9.59 Å². The number of nitrogens with zero attached hydrogens (tertiary/aromatic N) is 1. The standard InChI is InChI=1S/C22H25N3O4S2/c1-13-14(2)31-19(25-21(28)22(3,4)5)18(13)20(27)29-12-17(26)24-15-8-6-7-9-16(15)30-11-10-23/h6-9H,11-12H2,1-5H3,(H,24,26)(H,25,28). The molecule has 0 saturated carbocycles. The van der Waals surface area contributed by atoms with E-state index in [1.54, 1.807) is 45.9 Å². The van der Waals surface area contributed by atoms with E-state index in [0.29, 0.717) is 16.3 Å². The van der Waals surface area contributed by atoms with Crippen LogP contribution >= 0.6 is 23.1 Å². The molecule has 164 valence electrons. The second-order valence-corrected chi connectivity index (χ2v) is 10.0. The van der Waals surface area contributed by atoms with E-state index in [4.69, 9.17) is 10.00 Å². The third-order valence-corrected chi connectivity index (χ3v) is 6.35. The minimum absolute atomic E-state index is 0.216. The molecule has 0 spiro atoms. The summed E-state index contributed by atoms with van der Waals surface area (Å²) in [5, 5.41) is 14.7. The molecule has 2 amide bonds. The Bertz CT molecular complexity index is 1030. The maximum Gasteiger partial charge on any atom is 0.341 e. The number of ether oxygens (including phenoxy) is 1. The number of nitriles is 1. The number of esters is 1. The van der Waals surface area contributed by atoms with E-state index < -0.39 is 23.9 Å². The maximum absolute atomic E-state index is 12.7. The first-order valence-corrected chi connectivity index (χ1v) is 11.3. The average Bonchev–Trinajstić information content (AvgIpc) is 2.98. The summed E-state index contributed by atoms with van der Waals surface area (Å²) in [7, 11) is 0. The Morgan fingerprint density at radius 3 is 2.48 bits per heavy atom. The molecular weight excluding hydrogens is 434 g/mol. The van der Waals surface area contributed by atoms with Crippen molar-refractivity contribution in [3.8, 4) is 6.07 Å². The fraction of sp³-hybridized carbons (Fsp3) is 0.364. The average molecular weight is 460 g/mol. The molecule has 2 rings (SSSR count). The number of anilines is 2. The summed E-state index contributed by atoms with van der Waals surface area (Å²) in [5.41, 5.74) is 0.893. The van der Waals surface area contributed by atoms with Crippen LogP contribution in [0.25, 0.3) is 0 Å². The molecule has 7 nitrogen and oxygen atoms in total. The van der Waals surface area contributed by atoms with E-state index in [-0.39, 0.29) is 17.2 Å². The number of amides is 2. The molecule has 0 saturated heterocycles. The van der Waals surface area contributed by atoms with Crippen molar-refractivity contribution < 1.29 is 19.1 Å². The summed E-state index contributed by atoms with van der Waals surface area (Å²) in [5.74, 6) is -1.13. The van der Waals surface area contributed by atoms with Crippen molar-refractivity contribution in [1.82, 2.24) is 0 Å². The predicted octanol–water partition coefficient (Wildman–Crippen LogP) is 4.76. The number of hydrogen-bond donors (Lipinski definition) is 2. The second-order valence-electron chi connectivity index (χ2n) is 7.76. The predicted molar refractivity (Wildman–Crippen MR) is 124 cm³/mol. The number of thioether (sulfide) groups is 1. The van der Waals surface area contributed by atoms with Crippen LogP contribution in [0.3, 0.4) is 0 Å². The van der Waals surface area contributed by atoms with Gasteiger partial charge in [0.05, 0.1) is 23.1 Å². The number of para-hydroxylation sites is 1. The van der Waals surface area contributed by atoms with Crippen LogP contribution in [0.1, 0.15) is 41.6 Å². The summed E-state index contributed by atoms with van der Waals surface area (Å²) in [4.78, 5) is 39.0. The molecule has 9 heteroatoms. The molecule has 2 aromatic rings. The van der Waals surface area contributed by atoms with Crippen molar-refractivity contribution >= 4 is 51.6 Å². The largest absolute Gasteiger partial charge is 0.452 e. The lowest BCUT2D eigenvalue weighted by molar-refractivity contribution is -0.123. The molecule has 2 N–H and O–H groups in total. The van der Waals surface area contributed by atoms with E-state index in [9.17, 15) is 14.4 Å². The van der Waals surface area contributed by atoms with Crippen molar-refractivity contribution in [2.75, 3.05) is 23.0 Å². The van der Waals surface area contributed by atoms with Gasteiger partial charge in [0.2, 0.25) is 5.91 Å². The van der Waals surface area contributed by atoms with Gasteiger partial charge in [0.15, 0.2) is 6.61 Å². The van der Waals surface area contributed by atoms with Gasteiger partial charge in [-0.15, -0.1) is 23.1 Å². The lowest BCUT2D eigenvalue weighted by Crippen LogP contribution is -2.28. The molecule has 31 heavy (non-hydrogen) atoms. The Hall–Kier alpha value is -2.83. The van der Waals surface area contributed by atoms with Crippen LogP contribution in [0.2, 0.25) is 0 Å². The first-order valence-electron chi connectivity index (χ1n) is 9.51. The van der Waals surface area contributed by atoms with Crippen molar-refractivity contribution in [1.29, 1.82) is 5.26 Å². The molecule has 1 aromatic carbocycles. The molecule has 1 aromatic heterocycles. The molecule has 0 radical (unpaired) electrons. The normalized spacial score (nSPS) is 10.8. The van der Waals surface area contributed by atoms with Gasteiger partial charge in [0.1, 0.15) is 5.00 Å². The fourth-order valence-electron chi connectivity index (χ4n) is 2.45. The lowest BCUT2D eigenvalue weighted by Gasteiger charge is -2.17. The Kier molecular flexibility index (Phi) is 8.25. The highest BCUT2D eigenvalue weighted by atomic mass is 32.2. The molecule has 0 bridgehead atoms. The van der Waals surface area contributed by atoms with Gasteiger partial charge in [-0.1, -0.05) is 32.9 Å². The van der Waals surface area contributed by atoms with Gasteiger partial charge >= 0.3 is 5.97 Å². The van der Waals surface area contributed by atoms with E-state index in [0.717, 1.165) is 9.77 Å². The van der Waals surface area contributed by atoms with Crippen LogP contribution in [0, 0.1) is 30.6 Å². The van der Waals surface area contributed by atoms with Gasteiger partial charge in [0.25, 0.3) is 5.91 Å². The summed E-state index contributed by atoms with van der Waals surface area (Å²) in [6.07, 6.45) is 0. The van der Waals surface area contributed by atoms with E-state index >= 15 is 0 Å². The first kappa shape index (κ1) is 24.4. The molecule has 0 fully saturated rings. The highest BCUT2D eigenvalue weighted by Crippen LogP contribution is 2.34. The smallest absolute Gasteiger partial charge is 0.341 e. The van der Waals surface area contributed by atoms with Crippen LogP contribution in [0.15, 0.2) is 29.2 Å². The number of rotatable bonds is 7. The summed E-state index contributed by atoms with van der Waals surface area (Å²) in [6.45, 7) is 8.50. The zero-order valence-electron chi connectivity index (χ0n) is 18.1. The Morgan fingerprint density at radius 2 is 1.84 bits per heavy atom. The summed E-state index contributed by atoms with van der Waals surface area (Å²) in [6, 6.07) is 9.13. The molecule has 0 atom stereocenters. The number of thiophene rings is 1. The SMILES string of the molecule is Cc1sc(NC(=O)C(C)(C)C)c(C(=O)OCC(=O)Nc2ccccc2SCC#N)c1C. The van der Waals surface area contributed by atoms with E-state index in [2.05, 4.69) is 10.6 Å². The number of benzene rings is 1. The first-order chi connectivity index (χ1) is 14.5. The lowest BCUT2D eigenvalue weighted by atomic mass is 9.96. The second kappa shape index (κ2) is 10.5. The maximum atomic E-state index is 12.7. The van der Waals surface area contributed by atoms with Crippen LogP contribution in [0.4, 0.5) is 10.7 Å². The topological polar surface area (TPSA) is 108 Å². The third kappa shape index (κ3) is 6.57. The van der Waals surface area contributed by atoms with Crippen LogP contribution in [-0.4, -0.2) is 30.1 Å². The zero-order chi connectivity index (χ0) is 23.2. The van der Waals surface area contributed by atoms with Crippen LogP contribution in [0.5, 0.6) is 0 Å². The minimum atomic E-state index is -0.673. The molecule has 1 heterocycles. The van der Waals surface area contributed by atoms with Gasteiger partial charge in [-0.05, 0) is 31.5 Å². The number of carbonyl (C=O) groups is 3.